The average Bonchev–Trinajstić information content (AvgIpc) is 2.74. The van der Waals surface area contributed by atoms with E-state index in [1.54, 1.807) is 11.0 Å². The summed E-state index contributed by atoms with van der Waals surface area (Å²) < 4.78 is 0. The van der Waals surface area contributed by atoms with Crippen molar-refractivity contribution in [3.05, 3.63) is 115 Å². The molecule has 0 aromatic heterocycles. The number of amides is 1. The fourth-order valence-electron chi connectivity index (χ4n) is 3.09. The van der Waals surface area contributed by atoms with Crippen molar-refractivity contribution < 1.29 is 4.79 Å². The smallest absolute Gasteiger partial charge is 0.241 e. The summed E-state index contributed by atoms with van der Waals surface area (Å²) in [4.78, 5) is 14.7. The molecule has 0 unspecified atom stereocenters. The highest BCUT2D eigenvalue weighted by Crippen LogP contribution is 2.22. The lowest BCUT2D eigenvalue weighted by Crippen LogP contribution is -2.39. The molecule has 0 atom stereocenters. The number of hydrogen-bond donors (Lipinski definition) is 1. The first-order valence-corrected chi connectivity index (χ1v) is 9.09. The number of nitrogens with zero attached hydrogens (tertiary/aromatic N) is 1. The highest BCUT2D eigenvalue weighted by molar-refractivity contribution is 5.95. The van der Waals surface area contributed by atoms with Gasteiger partial charge in [-0.15, -0.1) is 6.58 Å². The van der Waals surface area contributed by atoms with Crippen molar-refractivity contribution in [2.75, 3.05) is 18.0 Å². The normalized spacial score (nSPS) is 10.6. The molecule has 0 fully saturated rings. The van der Waals surface area contributed by atoms with Crippen LogP contribution in [0.4, 0.5) is 5.69 Å². The second-order valence-corrected chi connectivity index (χ2v) is 6.26. The van der Waals surface area contributed by atoms with Crippen molar-refractivity contribution in [3.63, 3.8) is 0 Å². The maximum absolute atomic E-state index is 12.9. The third kappa shape index (κ3) is 4.93. The lowest BCUT2D eigenvalue weighted by molar-refractivity contribution is -0.117. The van der Waals surface area contributed by atoms with Gasteiger partial charge in [0.1, 0.15) is 0 Å². The zero-order valence-corrected chi connectivity index (χ0v) is 15.3. The zero-order chi connectivity index (χ0) is 18.9. The molecule has 1 N–H and O–H groups in total. The van der Waals surface area contributed by atoms with Crippen molar-refractivity contribution in [1.82, 2.24) is 5.32 Å². The summed E-state index contributed by atoms with van der Waals surface area (Å²) in [7, 11) is 0. The molecule has 0 aliphatic carbocycles. The quantitative estimate of drug-likeness (QED) is 0.599. The standard InChI is InChI=1S/C24H24N2O/c1-2-18-26(22-16-10-5-11-17-22)23(27)19-25-24(20-12-6-3-7-13-20)21-14-8-4-9-15-21/h2-17,24-25H,1,18-19H2. The number of nitrogens with one attached hydrogen (secondary N) is 1. The van der Waals surface area contributed by atoms with Crippen LogP contribution in [0.2, 0.25) is 0 Å². The molecule has 3 nitrogen and oxygen atoms in total. The third-order valence-corrected chi connectivity index (χ3v) is 4.40. The second kappa shape index (κ2) is 9.51. The van der Waals surface area contributed by atoms with Crippen molar-refractivity contribution in [3.8, 4) is 0 Å². The van der Waals surface area contributed by atoms with E-state index in [0.29, 0.717) is 6.54 Å². The van der Waals surface area contributed by atoms with Gasteiger partial charge in [-0.05, 0) is 23.3 Å². The first-order chi connectivity index (χ1) is 13.3. The number of carbonyl (C=O) groups excluding carboxylic acids is 1. The lowest BCUT2D eigenvalue weighted by Gasteiger charge is -2.24. The van der Waals surface area contributed by atoms with Gasteiger partial charge in [0.15, 0.2) is 0 Å². The molecule has 3 aromatic rings. The van der Waals surface area contributed by atoms with Gasteiger partial charge in [0.2, 0.25) is 5.91 Å². The van der Waals surface area contributed by atoms with Crippen LogP contribution < -0.4 is 10.2 Å². The summed E-state index contributed by atoms with van der Waals surface area (Å²) >= 11 is 0. The maximum atomic E-state index is 12.9. The van der Waals surface area contributed by atoms with Crippen LogP contribution >= 0.6 is 0 Å². The zero-order valence-electron chi connectivity index (χ0n) is 15.3. The minimum Gasteiger partial charge on any atom is -0.308 e. The molecule has 1 amide bonds. The van der Waals surface area contributed by atoms with E-state index in [0.717, 1.165) is 16.8 Å². The van der Waals surface area contributed by atoms with Gasteiger partial charge in [-0.25, -0.2) is 0 Å². The van der Waals surface area contributed by atoms with E-state index in [4.69, 9.17) is 0 Å². The van der Waals surface area contributed by atoms with E-state index in [9.17, 15) is 4.79 Å². The Labute approximate surface area is 161 Å². The van der Waals surface area contributed by atoms with Crippen LogP contribution in [0, 0.1) is 0 Å². The van der Waals surface area contributed by atoms with E-state index >= 15 is 0 Å². The van der Waals surface area contributed by atoms with Crippen molar-refractivity contribution >= 4 is 11.6 Å². The maximum Gasteiger partial charge on any atom is 0.241 e. The van der Waals surface area contributed by atoms with E-state index in [-0.39, 0.29) is 18.5 Å². The summed E-state index contributed by atoms with van der Waals surface area (Å²) in [6, 6.07) is 30.0. The molecule has 3 aromatic carbocycles. The highest BCUT2D eigenvalue weighted by Gasteiger charge is 2.18. The Morgan fingerprint density at radius 1 is 0.852 bits per heavy atom. The van der Waals surface area contributed by atoms with E-state index in [1.165, 1.54) is 0 Å². The van der Waals surface area contributed by atoms with Crippen LogP contribution in [0.15, 0.2) is 104 Å². The Morgan fingerprint density at radius 2 is 1.33 bits per heavy atom. The number of benzene rings is 3. The SMILES string of the molecule is C=CCN(C(=O)CNC(c1ccccc1)c1ccccc1)c1ccccc1. The third-order valence-electron chi connectivity index (χ3n) is 4.40. The Hall–Kier alpha value is -3.17. The fourth-order valence-corrected chi connectivity index (χ4v) is 3.09. The van der Waals surface area contributed by atoms with E-state index in [2.05, 4.69) is 36.2 Å². The summed E-state index contributed by atoms with van der Waals surface area (Å²) in [5.41, 5.74) is 3.14. The molecule has 0 bridgehead atoms. The Kier molecular flexibility index (Phi) is 6.55. The summed E-state index contributed by atoms with van der Waals surface area (Å²) in [5, 5.41) is 3.44. The predicted octanol–water partition coefficient (Wildman–Crippen LogP) is 4.58. The Bertz CT molecular complexity index is 808. The lowest BCUT2D eigenvalue weighted by atomic mass is 9.99. The van der Waals surface area contributed by atoms with Crippen LogP contribution in [-0.4, -0.2) is 19.0 Å². The molecule has 27 heavy (non-hydrogen) atoms. The highest BCUT2D eigenvalue weighted by atomic mass is 16.2. The van der Waals surface area contributed by atoms with Crippen molar-refractivity contribution in [2.24, 2.45) is 0 Å². The first kappa shape index (κ1) is 18.6. The predicted molar refractivity (Wildman–Crippen MR) is 112 cm³/mol. The van der Waals surface area contributed by atoms with Gasteiger partial charge >= 0.3 is 0 Å². The van der Waals surface area contributed by atoms with Gasteiger partial charge in [-0.1, -0.05) is 84.9 Å². The molecule has 0 aliphatic rings. The van der Waals surface area contributed by atoms with Crippen LogP contribution in [0.3, 0.4) is 0 Å². The van der Waals surface area contributed by atoms with Gasteiger partial charge in [-0.2, -0.15) is 0 Å². The van der Waals surface area contributed by atoms with Crippen LogP contribution in [0.5, 0.6) is 0 Å². The summed E-state index contributed by atoms with van der Waals surface area (Å²) in [6.07, 6.45) is 1.75. The van der Waals surface area contributed by atoms with Gasteiger partial charge in [0.05, 0.1) is 12.6 Å². The van der Waals surface area contributed by atoms with Gasteiger partial charge in [0, 0.05) is 12.2 Å². The number of carbonyl (C=O) groups is 1. The molecular formula is C24H24N2O. The van der Waals surface area contributed by atoms with E-state index < -0.39 is 0 Å². The molecule has 0 spiro atoms. The molecule has 3 rings (SSSR count). The number of anilines is 1. The minimum atomic E-state index is -0.0438. The fraction of sp³-hybridized carbons (Fsp3) is 0.125. The molecule has 0 saturated heterocycles. The molecule has 0 radical (unpaired) electrons. The topological polar surface area (TPSA) is 32.3 Å². The van der Waals surface area contributed by atoms with Crippen LogP contribution in [-0.2, 0) is 4.79 Å². The Morgan fingerprint density at radius 3 is 1.81 bits per heavy atom. The molecular weight excluding hydrogens is 332 g/mol. The van der Waals surface area contributed by atoms with Crippen LogP contribution in [0.25, 0.3) is 0 Å². The number of para-hydroxylation sites is 1. The van der Waals surface area contributed by atoms with Gasteiger partial charge < -0.3 is 4.90 Å². The average molecular weight is 356 g/mol. The minimum absolute atomic E-state index is 0.0120. The number of hydrogen-bond acceptors (Lipinski definition) is 2. The van der Waals surface area contributed by atoms with Crippen LogP contribution in [0.1, 0.15) is 17.2 Å². The molecule has 0 aliphatic heterocycles. The summed E-state index contributed by atoms with van der Waals surface area (Å²) in [5.74, 6) is 0.0120. The molecule has 3 heteroatoms. The van der Waals surface area contributed by atoms with Crippen molar-refractivity contribution in [1.29, 1.82) is 0 Å². The number of rotatable bonds is 8. The molecule has 0 heterocycles. The summed E-state index contributed by atoms with van der Waals surface area (Å²) in [6.45, 7) is 4.50. The molecule has 136 valence electrons. The van der Waals surface area contributed by atoms with Gasteiger partial charge in [-0.3, -0.25) is 10.1 Å². The van der Waals surface area contributed by atoms with Gasteiger partial charge in [0.25, 0.3) is 0 Å². The molecule has 0 saturated carbocycles. The first-order valence-electron chi connectivity index (χ1n) is 9.09. The van der Waals surface area contributed by atoms with E-state index in [1.807, 2.05) is 66.7 Å². The largest absolute Gasteiger partial charge is 0.308 e. The monoisotopic (exact) mass is 356 g/mol. The van der Waals surface area contributed by atoms with Crippen molar-refractivity contribution in [2.45, 2.75) is 6.04 Å². The Balaban J connectivity index is 1.78. The second-order valence-electron chi connectivity index (χ2n) is 6.26.